The van der Waals surface area contributed by atoms with E-state index in [1.807, 2.05) is 18.2 Å². The van der Waals surface area contributed by atoms with E-state index >= 15 is 0 Å². The molecule has 4 aliphatic rings. The number of halogens is 2. The highest BCUT2D eigenvalue weighted by Gasteiger charge is 2.66. The van der Waals surface area contributed by atoms with Crippen molar-refractivity contribution in [2.45, 2.75) is 68.5 Å². The maximum atomic E-state index is 13.4. The average Bonchev–Trinajstić information content (AvgIpc) is 3.58. The summed E-state index contributed by atoms with van der Waals surface area (Å²) in [6.07, 6.45) is 6.14. The van der Waals surface area contributed by atoms with Gasteiger partial charge in [-0.05, 0) is 98.4 Å². The van der Waals surface area contributed by atoms with Crippen LogP contribution in [0.1, 0.15) is 55.2 Å². The first-order valence-corrected chi connectivity index (χ1v) is 13.6. The number of fused-ring (bicyclic) bond motifs is 1. The van der Waals surface area contributed by atoms with Gasteiger partial charge in [0.1, 0.15) is 5.75 Å². The minimum absolute atomic E-state index is 0.00819. The highest BCUT2D eigenvalue weighted by molar-refractivity contribution is 6.35. The van der Waals surface area contributed by atoms with Crippen LogP contribution in [-0.2, 0) is 23.2 Å². The molecule has 2 aromatic carbocycles. The standard InChI is InChI=1S/C28H32Cl2N2O3/c29-21-6-4-19(24(30)11-21)15-31-26(34)20-13-27-8-1-9-32(16-17-2-3-17)25(28(27,35)14-20)10-18-5-7-22(33)12-23(18)27/h4-7,11-12,17,20,25,33,35H,1-3,8-10,13-16H2,(H,31,34). The van der Waals surface area contributed by atoms with Crippen molar-refractivity contribution < 1.29 is 15.0 Å². The van der Waals surface area contributed by atoms with Gasteiger partial charge in [-0.1, -0.05) is 35.3 Å². The number of nitrogens with zero attached hydrogens (tertiary/aromatic N) is 1. The van der Waals surface area contributed by atoms with Gasteiger partial charge in [0, 0.05) is 40.5 Å². The molecule has 0 aromatic heterocycles. The monoisotopic (exact) mass is 514 g/mol. The van der Waals surface area contributed by atoms with Crippen LogP contribution in [-0.4, -0.2) is 45.8 Å². The number of carbonyl (C=O) groups excluding carboxylic acids is 1. The summed E-state index contributed by atoms with van der Waals surface area (Å²) in [7, 11) is 0. The molecule has 4 unspecified atom stereocenters. The lowest BCUT2D eigenvalue weighted by molar-refractivity contribution is -0.126. The minimum atomic E-state index is -1.00. The number of likely N-dealkylation sites (tertiary alicyclic amines) is 1. The van der Waals surface area contributed by atoms with E-state index in [1.165, 1.54) is 18.4 Å². The van der Waals surface area contributed by atoms with E-state index in [9.17, 15) is 15.0 Å². The summed E-state index contributed by atoms with van der Waals surface area (Å²) in [6.45, 7) is 2.34. The van der Waals surface area contributed by atoms with Crippen molar-refractivity contribution >= 4 is 29.1 Å². The number of phenols is 1. The van der Waals surface area contributed by atoms with E-state index in [-0.39, 0.29) is 23.6 Å². The van der Waals surface area contributed by atoms with E-state index in [2.05, 4.69) is 10.2 Å². The van der Waals surface area contributed by atoms with Gasteiger partial charge >= 0.3 is 0 Å². The fourth-order valence-electron chi connectivity index (χ4n) is 7.26. The van der Waals surface area contributed by atoms with Gasteiger partial charge in [-0.25, -0.2) is 0 Å². The van der Waals surface area contributed by atoms with Gasteiger partial charge < -0.3 is 15.5 Å². The summed E-state index contributed by atoms with van der Waals surface area (Å²) in [6, 6.07) is 10.9. The van der Waals surface area contributed by atoms with Crippen LogP contribution in [0.25, 0.3) is 0 Å². The molecule has 6 rings (SSSR count). The van der Waals surface area contributed by atoms with E-state index < -0.39 is 11.0 Å². The molecule has 1 aliphatic heterocycles. The molecule has 1 heterocycles. The third-order valence-corrected chi connectivity index (χ3v) is 9.66. The van der Waals surface area contributed by atoms with E-state index in [0.29, 0.717) is 29.4 Å². The minimum Gasteiger partial charge on any atom is -0.508 e. The van der Waals surface area contributed by atoms with Gasteiger partial charge in [-0.3, -0.25) is 9.69 Å². The lowest BCUT2D eigenvalue weighted by atomic mass is 9.58. The smallest absolute Gasteiger partial charge is 0.223 e. The van der Waals surface area contributed by atoms with Crippen molar-refractivity contribution in [2.24, 2.45) is 11.8 Å². The topological polar surface area (TPSA) is 72.8 Å². The fourth-order valence-corrected chi connectivity index (χ4v) is 7.73. The summed E-state index contributed by atoms with van der Waals surface area (Å²) >= 11 is 12.3. The number of hydrogen-bond acceptors (Lipinski definition) is 4. The van der Waals surface area contributed by atoms with Crippen LogP contribution in [0.2, 0.25) is 10.0 Å². The van der Waals surface area contributed by atoms with Gasteiger partial charge in [-0.2, -0.15) is 0 Å². The second kappa shape index (κ2) is 8.65. The zero-order valence-corrected chi connectivity index (χ0v) is 21.3. The Labute approximate surface area is 216 Å². The molecule has 2 bridgehead atoms. The number of aliphatic hydroxyl groups is 1. The fraction of sp³-hybridized carbons (Fsp3) is 0.536. The maximum absolute atomic E-state index is 13.4. The molecule has 7 heteroatoms. The number of amides is 1. The Morgan fingerprint density at radius 1 is 1.14 bits per heavy atom. The third kappa shape index (κ3) is 3.96. The summed E-state index contributed by atoms with van der Waals surface area (Å²) in [5.74, 6) is 0.607. The number of aromatic hydroxyl groups is 1. The first-order chi connectivity index (χ1) is 16.8. The Bertz CT molecular complexity index is 1170. The molecule has 2 aromatic rings. The summed E-state index contributed by atoms with van der Waals surface area (Å²) in [5.41, 5.74) is 1.54. The van der Waals surface area contributed by atoms with Crippen molar-refractivity contribution in [3.63, 3.8) is 0 Å². The SMILES string of the molecule is O=C(NCc1ccc(Cl)cc1Cl)C1CC23CCCN(CC4CC4)C(Cc4ccc(O)cc42)C3(O)C1. The molecule has 2 saturated carbocycles. The average molecular weight is 515 g/mol. The lowest BCUT2D eigenvalue weighted by Gasteiger charge is -2.52. The van der Waals surface area contributed by atoms with Crippen molar-refractivity contribution in [3.05, 3.63) is 63.1 Å². The first-order valence-electron chi connectivity index (χ1n) is 12.8. The third-order valence-electron chi connectivity index (χ3n) is 9.07. The number of rotatable bonds is 5. The maximum Gasteiger partial charge on any atom is 0.223 e. The largest absolute Gasteiger partial charge is 0.508 e. The number of carbonyl (C=O) groups is 1. The molecule has 0 radical (unpaired) electrons. The summed E-state index contributed by atoms with van der Waals surface area (Å²) in [4.78, 5) is 16.0. The van der Waals surface area contributed by atoms with Crippen LogP contribution in [0.3, 0.4) is 0 Å². The Balaban J connectivity index is 1.31. The van der Waals surface area contributed by atoms with Gasteiger partial charge in [-0.15, -0.1) is 0 Å². The molecule has 3 fully saturated rings. The molecule has 3 aliphatic carbocycles. The van der Waals surface area contributed by atoms with Crippen LogP contribution >= 0.6 is 23.2 Å². The van der Waals surface area contributed by atoms with Crippen LogP contribution in [0.15, 0.2) is 36.4 Å². The zero-order chi connectivity index (χ0) is 24.4. The lowest BCUT2D eigenvalue weighted by Crippen LogP contribution is -2.63. The van der Waals surface area contributed by atoms with Gasteiger partial charge in [0.05, 0.1) is 5.60 Å². The quantitative estimate of drug-likeness (QED) is 0.534. The normalized spacial score (nSPS) is 32.0. The van der Waals surface area contributed by atoms with Crippen molar-refractivity contribution in [2.75, 3.05) is 13.1 Å². The number of nitrogens with one attached hydrogen (secondary N) is 1. The van der Waals surface area contributed by atoms with Crippen LogP contribution in [0.5, 0.6) is 5.75 Å². The summed E-state index contributed by atoms with van der Waals surface area (Å²) < 4.78 is 0. The van der Waals surface area contributed by atoms with Crippen molar-refractivity contribution in [3.8, 4) is 5.75 Å². The Morgan fingerprint density at radius 3 is 2.74 bits per heavy atom. The Hall–Kier alpha value is -1.79. The Morgan fingerprint density at radius 2 is 1.97 bits per heavy atom. The second-order valence-corrected chi connectivity index (χ2v) is 12.0. The second-order valence-electron chi connectivity index (χ2n) is 11.2. The van der Waals surface area contributed by atoms with E-state index in [1.54, 1.807) is 18.2 Å². The predicted molar refractivity (Wildman–Crippen MR) is 137 cm³/mol. The van der Waals surface area contributed by atoms with Gasteiger partial charge in [0.2, 0.25) is 5.91 Å². The van der Waals surface area contributed by atoms with Crippen LogP contribution in [0.4, 0.5) is 0 Å². The number of benzene rings is 2. The van der Waals surface area contributed by atoms with Crippen LogP contribution < -0.4 is 5.32 Å². The first kappa shape index (κ1) is 23.6. The number of hydrogen-bond donors (Lipinski definition) is 3. The molecular formula is C28H32Cl2N2O3. The van der Waals surface area contributed by atoms with Gasteiger partial charge in [0.15, 0.2) is 0 Å². The Kier molecular flexibility index (Phi) is 5.84. The highest BCUT2D eigenvalue weighted by Crippen LogP contribution is 2.61. The van der Waals surface area contributed by atoms with Crippen molar-refractivity contribution in [1.29, 1.82) is 0 Å². The highest BCUT2D eigenvalue weighted by atomic mass is 35.5. The van der Waals surface area contributed by atoms with E-state index in [0.717, 1.165) is 49.4 Å². The number of phenolic OH excluding ortho intramolecular Hbond substituents is 1. The molecule has 1 saturated heterocycles. The van der Waals surface area contributed by atoms with Crippen molar-refractivity contribution in [1.82, 2.24) is 10.2 Å². The molecule has 186 valence electrons. The molecule has 0 spiro atoms. The molecular weight excluding hydrogens is 483 g/mol. The summed E-state index contributed by atoms with van der Waals surface area (Å²) in [5, 5.41) is 27.1. The molecule has 5 nitrogen and oxygen atoms in total. The molecule has 4 atom stereocenters. The van der Waals surface area contributed by atoms with E-state index in [4.69, 9.17) is 23.2 Å². The predicted octanol–water partition coefficient (Wildman–Crippen LogP) is 4.82. The van der Waals surface area contributed by atoms with Gasteiger partial charge in [0.25, 0.3) is 0 Å². The zero-order valence-electron chi connectivity index (χ0n) is 19.8. The molecule has 35 heavy (non-hydrogen) atoms. The van der Waals surface area contributed by atoms with Crippen LogP contribution in [0, 0.1) is 11.8 Å². The molecule has 1 amide bonds. The molecule has 3 N–H and O–H groups in total.